The molecule has 0 bridgehead atoms. The first-order valence-corrected chi connectivity index (χ1v) is 22.0. The molecule has 0 aromatic heterocycles. The van der Waals surface area contributed by atoms with E-state index in [0.717, 1.165) is 36.4 Å². The van der Waals surface area contributed by atoms with E-state index in [9.17, 15) is 61.9 Å². The Morgan fingerprint density at radius 1 is 0.733 bits per heavy atom. The average Bonchev–Trinajstić information content (AvgIpc) is 3.09. The maximum Gasteiger partial charge on any atom is 1.00 e. The zero-order chi connectivity index (χ0) is 41.5. The molecule has 34 heteroatoms. The Balaban J connectivity index is 0.00000870. The van der Waals surface area contributed by atoms with Crippen molar-refractivity contribution in [2.75, 3.05) is 30.5 Å². The van der Waals surface area contributed by atoms with Gasteiger partial charge in [0.1, 0.15) is 27.2 Å². The summed E-state index contributed by atoms with van der Waals surface area (Å²) < 4.78 is 154. The number of sulfone groups is 1. The van der Waals surface area contributed by atoms with Crippen LogP contribution in [0.1, 0.15) is 0 Å². The number of nitrogen functional groups attached to an aromatic ring is 1. The van der Waals surface area contributed by atoms with E-state index >= 15 is 0 Å². The number of phenolic OH excluding ortho intramolecular Hbond substituents is 1. The van der Waals surface area contributed by atoms with Crippen molar-refractivity contribution >= 4 is 103 Å². The van der Waals surface area contributed by atoms with E-state index in [-0.39, 0.29) is 168 Å². The largest absolute Gasteiger partial charge is 1.00 e. The summed E-state index contributed by atoms with van der Waals surface area (Å²) >= 11 is -1.91. The molecule has 304 valence electrons. The summed E-state index contributed by atoms with van der Waals surface area (Å²) in [5.41, 5.74) is 4.39. The molecule has 0 heterocycles. The second-order valence-electron chi connectivity index (χ2n) is 10.2. The molecule has 0 aliphatic carbocycles. The molecule has 1 atom stereocenters. The van der Waals surface area contributed by atoms with E-state index in [0.29, 0.717) is 0 Å². The third kappa shape index (κ3) is 18.3. The maximum atomic E-state index is 12.4. The Labute approximate surface area is 436 Å². The molecule has 3 N–H and O–H groups in total. The molecule has 1 unspecified atom stereocenters. The second-order valence-corrected chi connectivity index (χ2v) is 17.7. The number of azo groups is 2. The first-order chi connectivity index (χ1) is 26.1. The summed E-state index contributed by atoms with van der Waals surface area (Å²) in [6.07, 6.45) is 0. The van der Waals surface area contributed by atoms with Crippen LogP contribution < -0.4 is 133 Å². The fourth-order valence-electron chi connectivity index (χ4n) is 4.24. The minimum Gasteiger partial charge on any atom is -0.744 e. The number of benzene rings is 4. The molecule has 0 spiro atoms. The van der Waals surface area contributed by atoms with Gasteiger partial charge >= 0.3 is 118 Å². The predicted octanol–water partition coefficient (Wildman–Crippen LogP) is -10.1. The van der Waals surface area contributed by atoms with Crippen molar-refractivity contribution in [1.29, 1.82) is 0 Å². The Morgan fingerprint density at radius 2 is 1.25 bits per heavy atom. The standard InChI is InChI=1S/C26H25N5O19S6.4Na/c27-23-22-15(14-21(54(37,38)39)25(23)31-29-17-3-7-19(8-4-17)53(35,36)12-10-47-56(43,44)45)13-20(51-50-49-33)24(26(22)32)30-28-16-1-5-18(6-2-16)48-52(34)11-9-46-55(40,41)42;;;;/h1-8,13-14,32-33H,9-12,27H2,(H,37,38,39)(H,40,41,42)(H,43,44,45);;;;/q;4*+1/p-4. The third-order valence-corrected chi connectivity index (χ3v) is 11.5. The van der Waals surface area contributed by atoms with Crippen LogP contribution >= 0.6 is 12.0 Å². The molecular weight excluding hydrogens is 971 g/mol. The number of hydrogen-bond donors (Lipinski definition) is 2. The zero-order valence-electron chi connectivity index (χ0n) is 31.2. The van der Waals surface area contributed by atoms with Crippen molar-refractivity contribution in [3.63, 3.8) is 0 Å². The van der Waals surface area contributed by atoms with E-state index in [1.807, 2.05) is 0 Å². The number of aromatic hydroxyl groups is 1. The molecule has 4 rings (SSSR count). The molecule has 4 aromatic rings. The molecule has 0 fully saturated rings. The average molecular weight is 992 g/mol. The smallest absolute Gasteiger partial charge is 0.744 e. The topological polar surface area (TPSA) is 388 Å². The summed E-state index contributed by atoms with van der Waals surface area (Å²) in [7, 11) is -19.6. The fraction of sp³-hybridized carbons (Fsp3) is 0.154. The van der Waals surface area contributed by atoms with Gasteiger partial charge in [0, 0.05) is 0 Å². The van der Waals surface area contributed by atoms with Crippen LogP contribution in [0.3, 0.4) is 0 Å². The molecule has 60 heavy (non-hydrogen) atoms. The number of fused-ring (bicyclic) bond motifs is 1. The first kappa shape index (κ1) is 59.7. The molecule has 0 amide bonds. The Kier molecular flexibility index (Phi) is 25.9. The zero-order valence-corrected chi connectivity index (χ0v) is 44.1. The fourth-order valence-corrected chi connectivity index (χ4v) is 7.89. The van der Waals surface area contributed by atoms with Gasteiger partial charge in [-0.3, -0.25) is 13.4 Å². The van der Waals surface area contributed by atoms with Crippen LogP contribution in [-0.4, -0.2) is 81.4 Å². The summed E-state index contributed by atoms with van der Waals surface area (Å²) in [5.74, 6) is -2.12. The van der Waals surface area contributed by atoms with Crippen LogP contribution in [0.25, 0.3) is 10.8 Å². The van der Waals surface area contributed by atoms with E-state index in [4.69, 9.17) is 9.92 Å². The van der Waals surface area contributed by atoms with Crippen LogP contribution in [0.5, 0.6) is 11.5 Å². The molecule has 0 aliphatic heterocycles. The number of phenols is 1. The van der Waals surface area contributed by atoms with Crippen LogP contribution in [0.15, 0.2) is 95.8 Å². The molecule has 0 saturated carbocycles. The van der Waals surface area contributed by atoms with Crippen molar-refractivity contribution in [2.24, 2.45) is 20.5 Å². The van der Waals surface area contributed by atoms with Gasteiger partial charge in [-0.2, -0.15) is 14.6 Å². The number of hydrogen-bond acceptors (Lipinski definition) is 25. The number of nitrogens with zero attached hydrogens (tertiary/aromatic N) is 4. The minimum absolute atomic E-state index is 0. The van der Waals surface area contributed by atoms with Gasteiger partial charge in [-0.05, 0) is 66.0 Å². The number of rotatable bonds is 19. The summed E-state index contributed by atoms with van der Waals surface area (Å²) in [5, 5.41) is 40.2. The van der Waals surface area contributed by atoms with E-state index in [1.54, 1.807) is 0 Å². The van der Waals surface area contributed by atoms with Gasteiger partial charge in [0.05, 0.1) is 73.9 Å². The molecule has 4 aromatic carbocycles. The van der Waals surface area contributed by atoms with Crippen molar-refractivity contribution in [2.45, 2.75) is 14.7 Å². The summed E-state index contributed by atoms with van der Waals surface area (Å²) in [4.78, 5) is -1.58. The van der Waals surface area contributed by atoms with Gasteiger partial charge in [-0.1, -0.05) is 0 Å². The van der Waals surface area contributed by atoms with Gasteiger partial charge in [0.15, 0.2) is 15.6 Å². The summed E-state index contributed by atoms with van der Waals surface area (Å²) in [6, 6.07) is 11.3. The van der Waals surface area contributed by atoms with Gasteiger partial charge < -0.3 is 33.9 Å². The van der Waals surface area contributed by atoms with Crippen molar-refractivity contribution in [3.05, 3.63) is 60.7 Å². The van der Waals surface area contributed by atoms with Gasteiger partial charge in [-0.25, -0.2) is 37.9 Å². The first-order valence-electron chi connectivity index (χ1n) is 14.3. The monoisotopic (exact) mass is 991 g/mol. The number of nitrogens with two attached hydrogens (primary N) is 1. The summed E-state index contributed by atoms with van der Waals surface area (Å²) in [6.45, 7) is -1.65. The van der Waals surface area contributed by atoms with E-state index < -0.39 is 104 Å². The quantitative estimate of drug-likeness (QED) is 0.0129. The van der Waals surface area contributed by atoms with E-state index in [2.05, 4.69) is 38.2 Å². The molecule has 0 radical (unpaired) electrons. The van der Waals surface area contributed by atoms with Crippen LogP contribution in [0.4, 0.5) is 28.4 Å². The van der Waals surface area contributed by atoms with Gasteiger partial charge in [-0.15, -0.1) is 10.2 Å². The van der Waals surface area contributed by atoms with Crippen LogP contribution in [-0.2, 0) is 69.6 Å². The minimum atomic E-state index is -5.37. The third-order valence-electron chi connectivity index (χ3n) is 6.55. The Morgan fingerprint density at radius 3 is 1.77 bits per heavy atom. The van der Waals surface area contributed by atoms with Crippen molar-refractivity contribution < 1.29 is 202 Å². The molecular formula is C26H21N5Na4O19S6. The van der Waals surface area contributed by atoms with Crippen molar-refractivity contribution in [1.82, 2.24) is 0 Å². The van der Waals surface area contributed by atoms with Crippen molar-refractivity contribution in [3.8, 4) is 11.5 Å². The van der Waals surface area contributed by atoms with E-state index in [1.165, 1.54) is 24.3 Å². The van der Waals surface area contributed by atoms with Crippen LogP contribution in [0.2, 0.25) is 0 Å². The SMILES string of the molecule is Nc1c(N=Nc2ccc(S(=O)(=O)CCOS(=O)(=O)[O-])cc2)c(S(=O)(=O)[O-])cc2cc(SOO[O-])c(N=Nc3ccc(OS(=O)CCOS(=O)(=O)[O-])cc3)c(O)c12.[Na+].[Na+].[Na+].[Na+]. The number of anilines is 1. The Hall–Kier alpha value is -0.280. The Bertz CT molecular complexity index is 2650. The van der Waals surface area contributed by atoms with Gasteiger partial charge in [0.25, 0.3) is 0 Å². The molecule has 0 saturated heterocycles. The molecule has 24 nitrogen and oxygen atoms in total. The second kappa shape index (κ2) is 26.0. The van der Waals surface area contributed by atoms with Gasteiger partial charge in [0.2, 0.25) is 31.9 Å². The normalized spacial score (nSPS) is 12.6. The molecule has 0 aliphatic rings. The maximum absolute atomic E-state index is 12.4. The van der Waals surface area contributed by atoms with Crippen LogP contribution in [0, 0.1) is 0 Å². The predicted molar refractivity (Wildman–Crippen MR) is 184 cm³/mol.